The van der Waals surface area contributed by atoms with Crippen LogP contribution in [-0.2, 0) is 13.1 Å². The molecule has 4 aromatic rings. The molecule has 9 nitrogen and oxygen atoms in total. The number of benzene rings is 3. The molecule has 1 saturated heterocycles. The van der Waals surface area contributed by atoms with Crippen LogP contribution >= 0.6 is 0 Å². The number of nitrogens with one attached hydrogen (secondary N) is 3. The van der Waals surface area contributed by atoms with Gasteiger partial charge in [-0.3, -0.25) is 9.59 Å². The van der Waals surface area contributed by atoms with Crippen LogP contribution in [0.3, 0.4) is 0 Å². The normalized spacial score (nSPS) is 17.0. The lowest BCUT2D eigenvalue weighted by molar-refractivity contribution is 0.0951. The maximum atomic E-state index is 13.2. The maximum Gasteiger partial charge on any atom is 0.323 e. The van der Waals surface area contributed by atoms with Crippen LogP contribution in [0.1, 0.15) is 40.9 Å². The summed E-state index contributed by atoms with van der Waals surface area (Å²) < 4.78 is 7.40. The Balaban J connectivity index is 1.25. The fourth-order valence-corrected chi connectivity index (χ4v) is 6.11. The van der Waals surface area contributed by atoms with Crippen LogP contribution in [0.5, 0.6) is 5.75 Å². The number of anilines is 3. The van der Waals surface area contributed by atoms with E-state index in [9.17, 15) is 14.4 Å². The molecule has 220 valence electrons. The first-order valence-corrected chi connectivity index (χ1v) is 14.7. The molecule has 1 aromatic heterocycles. The first-order chi connectivity index (χ1) is 21.0. The van der Waals surface area contributed by atoms with Crippen LogP contribution < -0.4 is 31.1 Å². The van der Waals surface area contributed by atoms with Crippen LogP contribution in [0.15, 0.2) is 95.8 Å². The van der Waals surface area contributed by atoms with Gasteiger partial charge in [0.2, 0.25) is 0 Å². The molecule has 3 heterocycles. The van der Waals surface area contributed by atoms with Crippen molar-refractivity contribution < 1.29 is 14.3 Å². The van der Waals surface area contributed by atoms with Crippen LogP contribution in [0.25, 0.3) is 0 Å². The van der Waals surface area contributed by atoms with E-state index in [2.05, 4.69) is 20.9 Å². The van der Waals surface area contributed by atoms with E-state index in [4.69, 9.17) is 4.74 Å². The fourth-order valence-electron chi connectivity index (χ4n) is 6.11. The van der Waals surface area contributed by atoms with Crippen LogP contribution in [0.2, 0.25) is 0 Å². The number of nitrogens with zero attached hydrogens (tertiary/aromatic N) is 2. The van der Waals surface area contributed by atoms with Crippen molar-refractivity contribution >= 4 is 29.0 Å². The maximum absolute atomic E-state index is 13.2. The second kappa shape index (κ2) is 12.4. The summed E-state index contributed by atoms with van der Waals surface area (Å²) in [5.41, 5.74) is 4.54. The van der Waals surface area contributed by atoms with Crippen molar-refractivity contribution in [2.24, 2.45) is 5.92 Å². The van der Waals surface area contributed by atoms with Gasteiger partial charge in [0.15, 0.2) is 0 Å². The highest BCUT2D eigenvalue weighted by molar-refractivity contribution is 6.04. The third-order valence-corrected chi connectivity index (χ3v) is 8.05. The van der Waals surface area contributed by atoms with E-state index in [1.54, 1.807) is 42.5 Å². The van der Waals surface area contributed by atoms with Crippen molar-refractivity contribution in [1.29, 1.82) is 0 Å². The molecule has 0 saturated carbocycles. The summed E-state index contributed by atoms with van der Waals surface area (Å²) in [7, 11) is 0. The summed E-state index contributed by atoms with van der Waals surface area (Å²) in [4.78, 5) is 41.1. The average Bonchev–Trinajstić information content (AvgIpc) is 3.02. The van der Waals surface area contributed by atoms with E-state index in [0.717, 1.165) is 35.7 Å². The third kappa shape index (κ3) is 6.40. The zero-order chi connectivity index (χ0) is 29.8. The Morgan fingerprint density at radius 3 is 2.49 bits per heavy atom. The number of urea groups is 1. The van der Waals surface area contributed by atoms with E-state index in [1.165, 1.54) is 0 Å². The third-order valence-electron chi connectivity index (χ3n) is 8.05. The van der Waals surface area contributed by atoms with Gasteiger partial charge in [-0.25, -0.2) is 4.79 Å². The van der Waals surface area contributed by atoms with Crippen molar-refractivity contribution in [3.8, 4) is 5.75 Å². The summed E-state index contributed by atoms with van der Waals surface area (Å²) >= 11 is 0. The minimum Gasteiger partial charge on any atom is -0.494 e. The summed E-state index contributed by atoms with van der Waals surface area (Å²) in [6.07, 6.45) is 1.01. The van der Waals surface area contributed by atoms with E-state index in [1.807, 2.05) is 60.0 Å². The van der Waals surface area contributed by atoms with Gasteiger partial charge in [-0.2, -0.15) is 0 Å². The van der Waals surface area contributed by atoms with Crippen molar-refractivity contribution in [2.75, 3.05) is 35.2 Å². The number of carbonyl (C=O) groups excluding carboxylic acids is 2. The molecular formula is C34H35N5O4. The number of rotatable bonds is 8. The Labute approximate surface area is 250 Å². The summed E-state index contributed by atoms with van der Waals surface area (Å²) in [6.45, 7) is 4.99. The number of aromatic nitrogens is 1. The van der Waals surface area contributed by atoms with E-state index in [0.29, 0.717) is 49.1 Å². The Kier molecular flexibility index (Phi) is 8.13. The molecule has 2 aliphatic heterocycles. The van der Waals surface area contributed by atoms with Gasteiger partial charge in [0.1, 0.15) is 5.75 Å². The second-order valence-corrected chi connectivity index (χ2v) is 11.0. The number of ether oxygens (including phenoxy) is 1. The number of hydrogen-bond acceptors (Lipinski definition) is 5. The number of amides is 3. The SMILES string of the molecule is CCOc1ccc(NC(=O)Nc2cc(C(=O)NCc3ccccc3)ccc2N2C[C@H]3C[C@@H](C2)c2cccc(=O)n2C3)cc1. The molecule has 0 radical (unpaired) electrons. The molecule has 3 N–H and O–H groups in total. The van der Waals surface area contributed by atoms with Gasteiger partial charge in [-0.1, -0.05) is 36.4 Å². The molecule has 2 aliphatic rings. The smallest absolute Gasteiger partial charge is 0.323 e. The molecule has 0 unspecified atom stereocenters. The summed E-state index contributed by atoms with van der Waals surface area (Å²) in [5, 5.41) is 8.86. The first-order valence-electron chi connectivity index (χ1n) is 14.7. The molecule has 3 amide bonds. The largest absolute Gasteiger partial charge is 0.494 e. The zero-order valence-electron chi connectivity index (χ0n) is 24.1. The molecule has 0 aliphatic carbocycles. The number of hydrogen-bond donors (Lipinski definition) is 3. The second-order valence-electron chi connectivity index (χ2n) is 11.0. The Morgan fingerprint density at radius 2 is 1.70 bits per heavy atom. The average molecular weight is 578 g/mol. The van der Waals surface area contributed by atoms with E-state index < -0.39 is 6.03 Å². The number of pyridine rings is 1. The molecule has 1 fully saturated rings. The summed E-state index contributed by atoms with van der Waals surface area (Å²) in [6, 6.07) is 27.4. The fraction of sp³-hybridized carbons (Fsp3) is 0.265. The lowest BCUT2D eigenvalue weighted by Crippen LogP contribution is -2.47. The quantitative estimate of drug-likeness (QED) is 0.259. The Bertz CT molecular complexity index is 1670. The summed E-state index contributed by atoms with van der Waals surface area (Å²) in [5.74, 6) is 0.991. The number of fused-ring (bicyclic) bond motifs is 4. The number of carbonyl (C=O) groups is 2. The predicted octanol–water partition coefficient (Wildman–Crippen LogP) is 5.44. The van der Waals surface area contributed by atoms with Crippen molar-refractivity contribution in [3.05, 3.63) is 118 Å². The Morgan fingerprint density at radius 1 is 0.884 bits per heavy atom. The highest BCUT2D eigenvalue weighted by Gasteiger charge is 2.35. The van der Waals surface area contributed by atoms with Gasteiger partial charge >= 0.3 is 6.03 Å². The van der Waals surface area contributed by atoms with E-state index >= 15 is 0 Å². The van der Waals surface area contributed by atoms with Crippen LogP contribution in [0.4, 0.5) is 21.9 Å². The highest BCUT2D eigenvalue weighted by Crippen LogP contribution is 2.39. The van der Waals surface area contributed by atoms with Gasteiger partial charge in [0, 0.05) is 55.1 Å². The lowest BCUT2D eigenvalue weighted by atomic mass is 9.83. The van der Waals surface area contributed by atoms with E-state index in [-0.39, 0.29) is 17.4 Å². The topological polar surface area (TPSA) is 105 Å². The molecule has 2 atom stereocenters. The van der Waals surface area contributed by atoms with Gasteiger partial charge < -0.3 is 30.2 Å². The molecule has 3 aromatic carbocycles. The molecule has 6 rings (SSSR count). The van der Waals surface area contributed by atoms with Crippen LogP contribution in [-0.4, -0.2) is 36.2 Å². The molecule has 2 bridgehead atoms. The molecule has 43 heavy (non-hydrogen) atoms. The molecule has 9 heteroatoms. The standard InChI is InChI=1S/C34H35N5O4/c1-2-43-28-14-12-27(13-15-28)36-34(42)37-29-18-25(33(41)35-19-23-7-4-3-5-8-23)11-16-31(29)38-20-24-17-26(22-38)30-9-6-10-32(40)39(30)21-24/h3-16,18,24,26H,2,17,19-22H2,1H3,(H,35,41)(H2,36,37,42)/t24-,26+/m1/s1. The van der Waals surface area contributed by atoms with Crippen molar-refractivity contribution in [2.45, 2.75) is 32.4 Å². The van der Waals surface area contributed by atoms with Crippen molar-refractivity contribution in [3.63, 3.8) is 0 Å². The molecular weight excluding hydrogens is 542 g/mol. The van der Waals surface area contributed by atoms with Gasteiger partial charge in [-0.05, 0) is 73.4 Å². The predicted molar refractivity (Wildman–Crippen MR) is 168 cm³/mol. The van der Waals surface area contributed by atoms with Crippen LogP contribution in [0, 0.1) is 5.92 Å². The number of piperidine rings is 1. The zero-order valence-corrected chi connectivity index (χ0v) is 24.1. The highest BCUT2D eigenvalue weighted by atomic mass is 16.5. The van der Waals surface area contributed by atoms with Gasteiger partial charge in [0.25, 0.3) is 11.5 Å². The minimum absolute atomic E-state index is 0.0415. The molecule has 0 spiro atoms. The monoisotopic (exact) mass is 577 g/mol. The lowest BCUT2D eigenvalue weighted by Gasteiger charge is -2.44. The van der Waals surface area contributed by atoms with Crippen molar-refractivity contribution in [1.82, 2.24) is 9.88 Å². The van der Waals surface area contributed by atoms with Gasteiger partial charge in [0.05, 0.1) is 18.0 Å². The van der Waals surface area contributed by atoms with Gasteiger partial charge in [-0.15, -0.1) is 0 Å². The first kappa shape index (κ1) is 28.1. The minimum atomic E-state index is -0.415. The Hall–Kier alpha value is -5.05.